The van der Waals surface area contributed by atoms with Crippen LogP contribution in [0, 0.1) is 10.8 Å². The van der Waals surface area contributed by atoms with E-state index in [2.05, 4.69) is 0 Å². The Morgan fingerprint density at radius 3 is 1.12 bits per heavy atom. The summed E-state index contributed by atoms with van der Waals surface area (Å²) in [6.45, 7) is 7.88. The maximum absolute atomic E-state index is 12.7. The third kappa shape index (κ3) is 0.402. The monoisotopic (exact) mass is 116 g/mol. The van der Waals surface area contributed by atoms with E-state index in [0.29, 0.717) is 0 Å². The number of hydrogen-bond acceptors (Lipinski definition) is 0. The highest BCUT2D eigenvalue weighted by atomic mass is 19.1. The molecular formula is C7H13F. The number of rotatable bonds is 0. The molecule has 0 spiro atoms. The molecule has 0 nitrogen and oxygen atoms in total. The zero-order valence-electron chi connectivity index (χ0n) is 5.96. The third-order valence-electron chi connectivity index (χ3n) is 2.84. The molecule has 0 aromatic carbocycles. The standard InChI is InChI=1S/C7H13F/c1-6(2)5(8)7(6,3)4/h5H,1-4H3. The lowest BCUT2D eigenvalue weighted by molar-refractivity contribution is 0.389. The highest BCUT2D eigenvalue weighted by Gasteiger charge is 2.66. The van der Waals surface area contributed by atoms with Crippen molar-refractivity contribution in [3.05, 3.63) is 0 Å². The fourth-order valence-corrected chi connectivity index (χ4v) is 1.12. The van der Waals surface area contributed by atoms with Crippen molar-refractivity contribution in [2.24, 2.45) is 10.8 Å². The number of alkyl halides is 1. The van der Waals surface area contributed by atoms with E-state index in [1.54, 1.807) is 0 Å². The van der Waals surface area contributed by atoms with E-state index in [1.165, 1.54) is 0 Å². The van der Waals surface area contributed by atoms with Gasteiger partial charge in [0, 0.05) is 10.8 Å². The Morgan fingerprint density at radius 2 is 1.12 bits per heavy atom. The Balaban J connectivity index is 2.72. The molecular weight excluding hydrogens is 103 g/mol. The van der Waals surface area contributed by atoms with E-state index in [0.717, 1.165) is 0 Å². The average molecular weight is 116 g/mol. The Bertz CT molecular complexity index is 99.6. The van der Waals surface area contributed by atoms with Crippen molar-refractivity contribution in [3.63, 3.8) is 0 Å². The van der Waals surface area contributed by atoms with Gasteiger partial charge in [-0.3, -0.25) is 0 Å². The van der Waals surface area contributed by atoms with Crippen molar-refractivity contribution in [2.75, 3.05) is 0 Å². The van der Waals surface area contributed by atoms with E-state index in [-0.39, 0.29) is 10.8 Å². The van der Waals surface area contributed by atoms with Crippen LogP contribution in [0.15, 0.2) is 0 Å². The minimum atomic E-state index is -0.588. The summed E-state index contributed by atoms with van der Waals surface area (Å²) < 4.78 is 12.7. The molecule has 0 amide bonds. The molecule has 0 heterocycles. The zero-order chi connectivity index (χ0) is 6.58. The SMILES string of the molecule is CC1(C)C(F)C1(C)C. The van der Waals surface area contributed by atoms with Crippen LogP contribution in [0.5, 0.6) is 0 Å². The van der Waals surface area contributed by atoms with Crippen molar-refractivity contribution >= 4 is 0 Å². The van der Waals surface area contributed by atoms with Gasteiger partial charge < -0.3 is 0 Å². The quantitative estimate of drug-likeness (QED) is 0.456. The van der Waals surface area contributed by atoms with Crippen LogP contribution in [0.25, 0.3) is 0 Å². The van der Waals surface area contributed by atoms with Crippen LogP contribution in [0.3, 0.4) is 0 Å². The summed E-state index contributed by atoms with van der Waals surface area (Å²) in [5.41, 5.74) is -0.125. The van der Waals surface area contributed by atoms with Crippen LogP contribution >= 0.6 is 0 Å². The first kappa shape index (κ1) is 6.06. The molecule has 48 valence electrons. The minimum absolute atomic E-state index is 0.0625. The number of halogens is 1. The van der Waals surface area contributed by atoms with Crippen LogP contribution in [-0.4, -0.2) is 6.17 Å². The van der Waals surface area contributed by atoms with Gasteiger partial charge in [-0.25, -0.2) is 4.39 Å². The summed E-state index contributed by atoms with van der Waals surface area (Å²) in [5, 5.41) is 0. The van der Waals surface area contributed by atoms with Gasteiger partial charge in [-0.2, -0.15) is 0 Å². The second-order valence-corrected chi connectivity index (χ2v) is 3.81. The molecule has 0 radical (unpaired) electrons. The molecule has 8 heavy (non-hydrogen) atoms. The maximum atomic E-state index is 12.7. The zero-order valence-corrected chi connectivity index (χ0v) is 5.96. The lowest BCUT2D eigenvalue weighted by Gasteiger charge is -2.02. The van der Waals surface area contributed by atoms with E-state index in [1.807, 2.05) is 27.7 Å². The Hall–Kier alpha value is -0.0700. The summed E-state index contributed by atoms with van der Waals surface area (Å²) in [6.07, 6.45) is -0.588. The van der Waals surface area contributed by atoms with E-state index in [4.69, 9.17) is 0 Å². The Morgan fingerprint density at radius 1 is 1.00 bits per heavy atom. The van der Waals surface area contributed by atoms with Crippen LogP contribution in [-0.2, 0) is 0 Å². The van der Waals surface area contributed by atoms with Gasteiger partial charge in [-0.05, 0) is 0 Å². The molecule has 0 aromatic rings. The lowest BCUT2D eigenvalue weighted by Crippen LogP contribution is -1.95. The van der Waals surface area contributed by atoms with Gasteiger partial charge in [-0.15, -0.1) is 0 Å². The molecule has 0 N–H and O–H groups in total. The third-order valence-corrected chi connectivity index (χ3v) is 2.84. The number of hydrogen-bond donors (Lipinski definition) is 0. The van der Waals surface area contributed by atoms with Crippen LogP contribution in [0.2, 0.25) is 0 Å². The highest BCUT2D eigenvalue weighted by molar-refractivity contribution is 5.13. The molecule has 1 saturated carbocycles. The second-order valence-electron chi connectivity index (χ2n) is 3.81. The predicted octanol–water partition coefficient (Wildman–Crippen LogP) is 2.39. The van der Waals surface area contributed by atoms with Gasteiger partial charge in [0.05, 0.1) is 0 Å². The van der Waals surface area contributed by atoms with Gasteiger partial charge in [0.15, 0.2) is 0 Å². The van der Waals surface area contributed by atoms with Crippen molar-refractivity contribution in [1.82, 2.24) is 0 Å². The summed E-state index contributed by atoms with van der Waals surface area (Å²) in [4.78, 5) is 0. The molecule has 0 aliphatic heterocycles. The van der Waals surface area contributed by atoms with Gasteiger partial charge in [0.2, 0.25) is 0 Å². The molecule has 1 aliphatic carbocycles. The van der Waals surface area contributed by atoms with Crippen molar-refractivity contribution < 1.29 is 4.39 Å². The van der Waals surface area contributed by atoms with Crippen LogP contribution in [0.1, 0.15) is 27.7 Å². The van der Waals surface area contributed by atoms with Crippen molar-refractivity contribution in [3.8, 4) is 0 Å². The van der Waals surface area contributed by atoms with Crippen LogP contribution < -0.4 is 0 Å². The largest absolute Gasteiger partial charge is 0.246 e. The Kier molecular flexibility index (Phi) is 0.828. The van der Waals surface area contributed by atoms with Gasteiger partial charge in [-0.1, -0.05) is 27.7 Å². The average Bonchev–Trinajstić information content (AvgIpc) is 1.88. The van der Waals surface area contributed by atoms with Crippen molar-refractivity contribution in [1.29, 1.82) is 0 Å². The molecule has 1 aliphatic rings. The first-order valence-electron chi connectivity index (χ1n) is 3.05. The molecule has 0 bridgehead atoms. The first-order chi connectivity index (χ1) is 3.40. The van der Waals surface area contributed by atoms with Gasteiger partial charge in [0.25, 0.3) is 0 Å². The summed E-state index contributed by atoms with van der Waals surface area (Å²) in [7, 11) is 0. The maximum Gasteiger partial charge on any atom is 0.111 e. The predicted molar refractivity (Wildman–Crippen MR) is 32.5 cm³/mol. The first-order valence-corrected chi connectivity index (χ1v) is 3.05. The molecule has 0 unspecified atom stereocenters. The van der Waals surface area contributed by atoms with Crippen LogP contribution in [0.4, 0.5) is 4.39 Å². The minimum Gasteiger partial charge on any atom is -0.246 e. The fourth-order valence-electron chi connectivity index (χ4n) is 1.12. The van der Waals surface area contributed by atoms with E-state index >= 15 is 0 Å². The second kappa shape index (κ2) is 1.09. The molecule has 1 fully saturated rings. The van der Waals surface area contributed by atoms with E-state index in [9.17, 15) is 4.39 Å². The highest BCUT2D eigenvalue weighted by Crippen LogP contribution is 2.64. The fraction of sp³-hybridized carbons (Fsp3) is 1.00. The normalized spacial score (nSPS) is 32.6. The molecule has 0 saturated heterocycles. The van der Waals surface area contributed by atoms with Gasteiger partial charge in [0.1, 0.15) is 6.17 Å². The summed E-state index contributed by atoms with van der Waals surface area (Å²) >= 11 is 0. The molecule has 0 aromatic heterocycles. The topological polar surface area (TPSA) is 0 Å². The Labute approximate surface area is 50.1 Å². The molecule has 1 rings (SSSR count). The smallest absolute Gasteiger partial charge is 0.111 e. The van der Waals surface area contributed by atoms with Gasteiger partial charge >= 0.3 is 0 Å². The van der Waals surface area contributed by atoms with E-state index < -0.39 is 6.17 Å². The summed E-state index contributed by atoms with van der Waals surface area (Å²) in [6, 6.07) is 0. The van der Waals surface area contributed by atoms with Crippen molar-refractivity contribution in [2.45, 2.75) is 33.9 Å². The lowest BCUT2D eigenvalue weighted by atomic mass is 10.0. The molecule has 0 atom stereocenters. The summed E-state index contributed by atoms with van der Waals surface area (Å²) in [5.74, 6) is 0. The molecule has 1 heteroatoms.